The van der Waals surface area contributed by atoms with Gasteiger partial charge >= 0.3 is 5.97 Å². The Morgan fingerprint density at radius 1 is 0.895 bits per heavy atom. The van der Waals surface area contributed by atoms with Crippen LogP contribution in [0.25, 0.3) is 0 Å². The van der Waals surface area contributed by atoms with Gasteiger partial charge in [-0.15, -0.1) is 0 Å². The maximum atomic E-state index is 10.6. The molecule has 0 saturated heterocycles. The van der Waals surface area contributed by atoms with E-state index in [1.807, 2.05) is 0 Å². The first kappa shape index (κ1) is 14.9. The van der Waals surface area contributed by atoms with Gasteiger partial charge in [0.25, 0.3) is 0 Å². The van der Waals surface area contributed by atoms with Crippen LogP contribution in [-0.2, 0) is 4.79 Å². The van der Waals surface area contributed by atoms with E-state index in [2.05, 4.69) is 6.92 Å². The molecule has 0 spiro atoms. The van der Waals surface area contributed by atoms with E-state index in [0.29, 0.717) is 12.3 Å². The Morgan fingerprint density at radius 2 is 1.37 bits per heavy atom. The number of carboxylic acids is 1. The second-order valence-electron chi connectivity index (χ2n) is 7.18. The van der Waals surface area contributed by atoms with Crippen LogP contribution in [0.5, 0.6) is 0 Å². The van der Waals surface area contributed by atoms with E-state index in [1.54, 1.807) is 0 Å². The first-order chi connectivity index (χ1) is 9.13. The first-order valence-electron chi connectivity index (χ1n) is 8.35. The Morgan fingerprint density at radius 3 is 1.89 bits per heavy atom. The maximum absolute atomic E-state index is 10.6. The van der Waals surface area contributed by atoms with Crippen LogP contribution in [-0.4, -0.2) is 11.1 Å². The van der Waals surface area contributed by atoms with Crippen molar-refractivity contribution in [2.24, 2.45) is 23.7 Å². The Hall–Kier alpha value is -0.530. The summed E-state index contributed by atoms with van der Waals surface area (Å²) in [5.41, 5.74) is 0. The molecular formula is C17H30O2. The molecule has 1 N–H and O–H groups in total. The van der Waals surface area contributed by atoms with Gasteiger partial charge < -0.3 is 5.11 Å². The molecule has 0 heterocycles. The van der Waals surface area contributed by atoms with Crippen LogP contribution < -0.4 is 0 Å². The van der Waals surface area contributed by atoms with E-state index < -0.39 is 5.97 Å². The van der Waals surface area contributed by atoms with Crippen LogP contribution in [0.2, 0.25) is 0 Å². The quantitative estimate of drug-likeness (QED) is 0.770. The number of carbonyl (C=O) groups is 1. The minimum Gasteiger partial charge on any atom is -0.481 e. The van der Waals surface area contributed by atoms with Gasteiger partial charge in [0.2, 0.25) is 0 Å². The van der Waals surface area contributed by atoms with Gasteiger partial charge in [-0.05, 0) is 36.5 Å². The molecule has 0 aromatic rings. The summed E-state index contributed by atoms with van der Waals surface area (Å²) in [5, 5.41) is 8.73. The van der Waals surface area contributed by atoms with Crippen molar-refractivity contribution in [3.05, 3.63) is 0 Å². The first-order valence-corrected chi connectivity index (χ1v) is 8.35. The zero-order chi connectivity index (χ0) is 13.7. The number of rotatable bonds is 5. The molecule has 2 heteroatoms. The van der Waals surface area contributed by atoms with E-state index in [1.165, 1.54) is 57.8 Å². The van der Waals surface area contributed by atoms with E-state index in [9.17, 15) is 4.79 Å². The lowest BCUT2D eigenvalue weighted by Gasteiger charge is -2.33. The molecule has 0 radical (unpaired) electrons. The minimum absolute atomic E-state index is 0.371. The zero-order valence-corrected chi connectivity index (χ0v) is 12.4. The molecule has 0 bridgehead atoms. The normalized spacial score (nSPS) is 36.1. The molecule has 0 unspecified atom stereocenters. The Kier molecular flexibility index (Phi) is 5.72. The van der Waals surface area contributed by atoms with Crippen LogP contribution in [0, 0.1) is 23.7 Å². The smallest absolute Gasteiger partial charge is 0.303 e. The van der Waals surface area contributed by atoms with Gasteiger partial charge in [0, 0.05) is 6.42 Å². The second-order valence-corrected chi connectivity index (χ2v) is 7.18. The highest BCUT2D eigenvalue weighted by Crippen LogP contribution is 2.39. The third kappa shape index (κ3) is 5.16. The summed E-state index contributed by atoms with van der Waals surface area (Å²) >= 11 is 0. The number of hydrogen-bond acceptors (Lipinski definition) is 1. The van der Waals surface area contributed by atoms with E-state index in [0.717, 1.165) is 24.2 Å². The third-order valence-electron chi connectivity index (χ3n) is 5.53. The number of hydrogen-bond donors (Lipinski definition) is 1. The van der Waals surface area contributed by atoms with Crippen molar-refractivity contribution in [1.82, 2.24) is 0 Å². The molecule has 2 saturated carbocycles. The fourth-order valence-corrected chi connectivity index (χ4v) is 4.12. The summed E-state index contributed by atoms with van der Waals surface area (Å²) in [6.45, 7) is 2.39. The van der Waals surface area contributed by atoms with Crippen molar-refractivity contribution in [3.63, 3.8) is 0 Å². The second kappa shape index (κ2) is 7.31. The van der Waals surface area contributed by atoms with E-state index in [-0.39, 0.29) is 0 Å². The van der Waals surface area contributed by atoms with Crippen LogP contribution in [0.15, 0.2) is 0 Å². The summed E-state index contributed by atoms with van der Waals surface area (Å²) in [5.74, 6) is 2.97. The third-order valence-corrected chi connectivity index (χ3v) is 5.53. The Bertz CT molecular complexity index is 271. The van der Waals surface area contributed by atoms with Crippen molar-refractivity contribution < 1.29 is 9.90 Å². The highest BCUT2D eigenvalue weighted by Gasteiger charge is 2.26. The lowest BCUT2D eigenvalue weighted by atomic mass is 9.73. The summed E-state index contributed by atoms with van der Waals surface area (Å²) in [4.78, 5) is 10.6. The van der Waals surface area contributed by atoms with Crippen molar-refractivity contribution in [3.8, 4) is 0 Å². The summed E-state index contributed by atoms with van der Waals surface area (Å²) in [6.07, 6.45) is 13.8. The van der Waals surface area contributed by atoms with E-state index >= 15 is 0 Å². The fourth-order valence-electron chi connectivity index (χ4n) is 4.12. The molecule has 19 heavy (non-hydrogen) atoms. The zero-order valence-electron chi connectivity index (χ0n) is 12.4. The highest BCUT2D eigenvalue weighted by molar-refractivity contribution is 5.66. The molecule has 0 atom stereocenters. The molecular weight excluding hydrogens is 236 g/mol. The van der Waals surface area contributed by atoms with Gasteiger partial charge in [0.05, 0.1) is 0 Å². The van der Waals surface area contributed by atoms with Gasteiger partial charge in [-0.25, -0.2) is 0 Å². The van der Waals surface area contributed by atoms with Crippen molar-refractivity contribution in [2.75, 3.05) is 0 Å². The summed E-state index contributed by atoms with van der Waals surface area (Å²) < 4.78 is 0. The largest absolute Gasteiger partial charge is 0.481 e. The van der Waals surface area contributed by atoms with Gasteiger partial charge in [-0.3, -0.25) is 4.79 Å². The van der Waals surface area contributed by atoms with Gasteiger partial charge in [-0.2, -0.15) is 0 Å². The lowest BCUT2D eigenvalue weighted by molar-refractivity contribution is -0.137. The van der Waals surface area contributed by atoms with Gasteiger partial charge in [-0.1, -0.05) is 58.3 Å². The van der Waals surface area contributed by atoms with Gasteiger partial charge in [0.1, 0.15) is 0 Å². The molecule has 0 aliphatic heterocycles. The van der Waals surface area contributed by atoms with Crippen LogP contribution >= 0.6 is 0 Å². The molecule has 110 valence electrons. The predicted molar refractivity (Wildman–Crippen MR) is 78.1 cm³/mol. The monoisotopic (exact) mass is 266 g/mol. The molecule has 2 fully saturated rings. The minimum atomic E-state index is -0.626. The molecule has 0 aromatic heterocycles. The Balaban J connectivity index is 1.62. The van der Waals surface area contributed by atoms with E-state index in [4.69, 9.17) is 5.11 Å². The average Bonchev–Trinajstić information content (AvgIpc) is 2.40. The topological polar surface area (TPSA) is 37.3 Å². The van der Waals surface area contributed by atoms with Crippen molar-refractivity contribution in [2.45, 2.75) is 77.6 Å². The maximum Gasteiger partial charge on any atom is 0.303 e. The average molecular weight is 266 g/mol. The summed E-state index contributed by atoms with van der Waals surface area (Å²) in [7, 11) is 0. The predicted octanol–water partition coefficient (Wildman–Crippen LogP) is 4.87. The number of carboxylic acid groups (broad SMARTS) is 1. The highest BCUT2D eigenvalue weighted by atomic mass is 16.4. The molecule has 2 nitrogen and oxygen atoms in total. The molecule has 2 rings (SSSR count). The molecule has 0 aromatic carbocycles. The van der Waals surface area contributed by atoms with Crippen molar-refractivity contribution >= 4 is 5.97 Å². The van der Waals surface area contributed by atoms with Crippen LogP contribution in [0.4, 0.5) is 0 Å². The lowest BCUT2D eigenvalue weighted by Crippen LogP contribution is -2.20. The Labute approximate surface area is 118 Å². The molecule has 2 aliphatic carbocycles. The van der Waals surface area contributed by atoms with Crippen LogP contribution in [0.1, 0.15) is 77.6 Å². The van der Waals surface area contributed by atoms with Gasteiger partial charge in [0.15, 0.2) is 0 Å². The molecule has 0 amide bonds. The van der Waals surface area contributed by atoms with Crippen LogP contribution in [0.3, 0.4) is 0 Å². The number of aliphatic carboxylic acids is 1. The fraction of sp³-hybridized carbons (Fsp3) is 0.941. The van der Waals surface area contributed by atoms with Crippen molar-refractivity contribution in [1.29, 1.82) is 0 Å². The standard InChI is InChI=1S/C17H30O2/c1-13-2-4-15(5-3-13)12-16-8-6-14(7-9-16)10-11-17(18)19/h13-16H,2-12H2,1H3,(H,18,19). The summed E-state index contributed by atoms with van der Waals surface area (Å²) in [6, 6.07) is 0. The SMILES string of the molecule is CC1CCC(CC2CCC(CCC(=O)O)CC2)CC1. The molecule has 2 aliphatic rings.